The minimum Gasteiger partial charge on any atom is -0.356 e. The number of aliphatic imine (C=N–C) groups is 1. The van der Waals surface area contributed by atoms with Gasteiger partial charge in [0.1, 0.15) is 0 Å². The van der Waals surface area contributed by atoms with Crippen molar-refractivity contribution in [2.75, 3.05) is 46.2 Å². The van der Waals surface area contributed by atoms with Crippen molar-refractivity contribution in [3.8, 4) is 0 Å². The SMILES string of the molecule is CN=C(NCCCCSC)NCCc1cccc(C(=O)N(C)C)c1. The molecule has 0 bridgehead atoms. The van der Waals surface area contributed by atoms with Gasteiger partial charge in [-0.3, -0.25) is 9.79 Å². The Morgan fingerprint density at radius 3 is 2.62 bits per heavy atom. The maximum Gasteiger partial charge on any atom is 0.253 e. The van der Waals surface area contributed by atoms with E-state index in [2.05, 4.69) is 21.9 Å². The Kier molecular flexibility index (Phi) is 10.00. The van der Waals surface area contributed by atoms with Crippen molar-refractivity contribution in [1.82, 2.24) is 15.5 Å². The van der Waals surface area contributed by atoms with E-state index < -0.39 is 0 Å². The predicted molar refractivity (Wildman–Crippen MR) is 105 cm³/mol. The number of carbonyl (C=O) groups is 1. The number of amides is 1. The third-order valence-corrected chi connectivity index (χ3v) is 4.27. The van der Waals surface area contributed by atoms with E-state index in [1.54, 1.807) is 26.0 Å². The van der Waals surface area contributed by atoms with Gasteiger partial charge in [-0.2, -0.15) is 11.8 Å². The van der Waals surface area contributed by atoms with Crippen molar-refractivity contribution in [3.05, 3.63) is 35.4 Å². The highest BCUT2D eigenvalue weighted by molar-refractivity contribution is 7.98. The lowest BCUT2D eigenvalue weighted by Crippen LogP contribution is -2.38. The quantitative estimate of drug-likeness (QED) is 0.407. The van der Waals surface area contributed by atoms with Crippen LogP contribution in [0.5, 0.6) is 0 Å². The number of rotatable bonds is 9. The van der Waals surface area contributed by atoms with Gasteiger partial charge in [0.2, 0.25) is 0 Å². The van der Waals surface area contributed by atoms with Crippen molar-refractivity contribution >= 4 is 23.6 Å². The van der Waals surface area contributed by atoms with E-state index >= 15 is 0 Å². The van der Waals surface area contributed by atoms with Crippen molar-refractivity contribution in [2.45, 2.75) is 19.3 Å². The van der Waals surface area contributed by atoms with Crippen LogP contribution in [0.2, 0.25) is 0 Å². The van der Waals surface area contributed by atoms with Crippen LogP contribution in [0.15, 0.2) is 29.3 Å². The Labute approximate surface area is 150 Å². The molecule has 0 radical (unpaired) electrons. The van der Waals surface area contributed by atoms with E-state index in [-0.39, 0.29) is 5.91 Å². The normalized spacial score (nSPS) is 11.2. The van der Waals surface area contributed by atoms with Gasteiger partial charge in [0.25, 0.3) is 5.91 Å². The fourth-order valence-corrected chi connectivity index (χ4v) is 2.73. The van der Waals surface area contributed by atoms with Gasteiger partial charge in [0, 0.05) is 39.8 Å². The van der Waals surface area contributed by atoms with E-state index in [0.29, 0.717) is 0 Å². The standard InChI is InChI=1S/C18H30N4OS/c1-19-18(20-11-5-6-13-24-4)21-12-10-15-8-7-9-16(14-15)17(23)22(2)3/h7-9,14H,5-6,10-13H2,1-4H3,(H2,19,20,21). The summed E-state index contributed by atoms with van der Waals surface area (Å²) in [5.41, 5.74) is 1.87. The van der Waals surface area contributed by atoms with Crippen molar-refractivity contribution in [3.63, 3.8) is 0 Å². The molecule has 0 aliphatic carbocycles. The fourth-order valence-electron chi connectivity index (χ4n) is 2.24. The maximum atomic E-state index is 12.0. The summed E-state index contributed by atoms with van der Waals surface area (Å²) in [5, 5.41) is 6.65. The van der Waals surface area contributed by atoms with Gasteiger partial charge in [-0.15, -0.1) is 0 Å². The summed E-state index contributed by atoms with van der Waals surface area (Å²) in [6.45, 7) is 1.72. The second-order valence-corrected chi connectivity index (χ2v) is 6.76. The number of nitrogens with zero attached hydrogens (tertiary/aromatic N) is 2. The predicted octanol–water partition coefficient (Wildman–Crippen LogP) is 2.24. The van der Waals surface area contributed by atoms with Crippen molar-refractivity contribution < 1.29 is 4.79 Å². The molecule has 0 fully saturated rings. The van der Waals surface area contributed by atoms with Crippen LogP contribution in [0.3, 0.4) is 0 Å². The molecule has 1 aromatic rings. The Hall–Kier alpha value is -1.69. The van der Waals surface area contributed by atoms with E-state index in [9.17, 15) is 4.79 Å². The topological polar surface area (TPSA) is 56.7 Å². The van der Waals surface area contributed by atoms with Crippen molar-refractivity contribution in [1.29, 1.82) is 0 Å². The molecule has 0 saturated carbocycles. The lowest BCUT2D eigenvalue weighted by molar-refractivity contribution is 0.0827. The van der Waals surface area contributed by atoms with Crippen LogP contribution in [0.1, 0.15) is 28.8 Å². The summed E-state index contributed by atoms with van der Waals surface area (Å²) < 4.78 is 0. The van der Waals surface area contributed by atoms with E-state index in [1.807, 2.05) is 36.0 Å². The average Bonchev–Trinajstić information content (AvgIpc) is 2.59. The highest BCUT2D eigenvalue weighted by atomic mass is 32.2. The number of benzene rings is 1. The average molecular weight is 351 g/mol. The number of unbranched alkanes of at least 4 members (excludes halogenated alkanes) is 1. The second kappa shape index (κ2) is 11.8. The molecule has 0 heterocycles. The van der Waals surface area contributed by atoms with Crippen LogP contribution in [0, 0.1) is 0 Å². The van der Waals surface area contributed by atoms with Gasteiger partial charge in [-0.1, -0.05) is 12.1 Å². The molecule has 0 aliphatic rings. The summed E-state index contributed by atoms with van der Waals surface area (Å²) in [4.78, 5) is 17.8. The monoisotopic (exact) mass is 350 g/mol. The Bertz CT molecular complexity index is 532. The van der Waals surface area contributed by atoms with Gasteiger partial charge in [0.15, 0.2) is 5.96 Å². The van der Waals surface area contributed by atoms with Crippen LogP contribution >= 0.6 is 11.8 Å². The molecule has 1 aromatic carbocycles. The molecule has 0 atom stereocenters. The van der Waals surface area contributed by atoms with Crippen LogP contribution in [-0.2, 0) is 6.42 Å². The molecule has 2 N–H and O–H groups in total. The number of carbonyl (C=O) groups excluding carboxylic acids is 1. The first-order valence-electron chi connectivity index (χ1n) is 8.32. The Morgan fingerprint density at radius 2 is 1.96 bits per heavy atom. The maximum absolute atomic E-state index is 12.0. The zero-order valence-electron chi connectivity index (χ0n) is 15.3. The van der Waals surface area contributed by atoms with E-state index in [0.717, 1.165) is 43.0 Å². The third kappa shape index (κ3) is 7.73. The molecule has 0 saturated heterocycles. The molecule has 6 heteroatoms. The summed E-state index contributed by atoms with van der Waals surface area (Å²) in [6.07, 6.45) is 5.35. The molecular formula is C18H30N4OS. The minimum absolute atomic E-state index is 0.0347. The zero-order chi connectivity index (χ0) is 17.8. The lowest BCUT2D eigenvalue weighted by atomic mass is 10.1. The molecule has 24 heavy (non-hydrogen) atoms. The molecule has 1 amide bonds. The Balaban J connectivity index is 2.37. The largest absolute Gasteiger partial charge is 0.356 e. The number of hydrogen-bond donors (Lipinski definition) is 2. The molecule has 1 rings (SSSR count). The first-order chi connectivity index (χ1) is 11.6. The molecule has 0 spiro atoms. The lowest BCUT2D eigenvalue weighted by Gasteiger charge is -2.13. The first-order valence-corrected chi connectivity index (χ1v) is 9.72. The number of hydrogen-bond acceptors (Lipinski definition) is 3. The van der Waals surface area contributed by atoms with Crippen LogP contribution in [0.25, 0.3) is 0 Å². The van der Waals surface area contributed by atoms with Crippen LogP contribution in [0.4, 0.5) is 0 Å². The minimum atomic E-state index is 0.0347. The van der Waals surface area contributed by atoms with Gasteiger partial charge >= 0.3 is 0 Å². The van der Waals surface area contributed by atoms with Gasteiger partial charge in [-0.05, 0) is 49.0 Å². The summed E-state index contributed by atoms with van der Waals surface area (Å²) in [5.74, 6) is 2.07. The Morgan fingerprint density at radius 1 is 1.21 bits per heavy atom. The fraction of sp³-hybridized carbons (Fsp3) is 0.556. The molecule has 5 nitrogen and oxygen atoms in total. The smallest absolute Gasteiger partial charge is 0.253 e. The zero-order valence-corrected chi connectivity index (χ0v) is 16.1. The second-order valence-electron chi connectivity index (χ2n) is 5.78. The highest BCUT2D eigenvalue weighted by Crippen LogP contribution is 2.07. The first kappa shape index (κ1) is 20.4. The van der Waals surface area contributed by atoms with Crippen molar-refractivity contribution in [2.24, 2.45) is 4.99 Å². The van der Waals surface area contributed by atoms with Gasteiger partial charge in [-0.25, -0.2) is 0 Å². The molecule has 0 aliphatic heterocycles. The van der Waals surface area contributed by atoms with E-state index in [1.165, 1.54) is 12.2 Å². The molecule has 0 aromatic heterocycles. The number of guanidine groups is 1. The van der Waals surface area contributed by atoms with Crippen LogP contribution in [-0.4, -0.2) is 63.0 Å². The molecular weight excluding hydrogens is 320 g/mol. The summed E-state index contributed by atoms with van der Waals surface area (Å²) in [7, 11) is 5.32. The number of thioether (sulfide) groups is 1. The number of nitrogens with one attached hydrogen (secondary N) is 2. The van der Waals surface area contributed by atoms with Crippen LogP contribution < -0.4 is 10.6 Å². The summed E-state index contributed by atoms with van der Waals surface area (Å²) in [6, 6.07) is 7.80. The van der Waals surface area contributed by atoms with E-state index in [4.69, 9.17) is 0 Å². The molecule has 0 unspecified atom stereocenters. The highest BCUT2D eigenvalue weighted by Gasteiger charge is 2.08. The van der Waals surface area contributed by atoms with Gasteiger partial charge < -0.3 is 15.5 Å². The summed E-state index contributed by atoms with van der Waals surface area (Å²) >= 11 is 1.88. The molecule has 134 valence electrons. The van der Waals surface area contributed by atoms with Gasteiger partial charge in [0.05, 0.1) is 0 Å². The third-order valence-electron chi connectivity index (χ3n) is 3.58.